The van der Waals surface area contributed by atoms with Crippen molar-refractivity contribution in [3.8, 4) is 6.07 Å². The number of hydrogen-bond donors (Lipinski definition) is 2. The van der Waals surface area contributed by atoms with Crippen LogP contribution >= 0.6 is 0 Å². The average molecular weight is 268 g/mol. The normalized spacial score (nSPS) is 10.0. The first-order valence-corrected chi connectivity index (χ1v) is 6.55. The van der Waals surface area contributed by atoms with Crippen LogP contribution in [0.25, 0.3) is 10.9 Å². The van der Waals surface area contributed by atoms with Crippen LogP contribution in [0.1, 0.15) is 18.9 Å². The molecule has 1 heterocycles. The van der Waals surface area contributed by atoms with Gasteiger partial charge in [-0.25, -0.2) is 4.98 Å². The second kappa shape index (κ2) is 6.53. The summed E-state index contributed by atoms with van der Waals surface area (Å²) in [6.07, 6.45) is 0.901. The smallest absolute Gasteiger partial charge is 0.239 e. The lowest BCUT2D eigenvalue weighted by Gasteiger charge is -2.08. The van der Waals surface area contributed by atoms with Crippen molar-refractivity contribution in [1.29, 1.82) is 5.26 Å². The molecule has 2 N–H and O–H groups in total. The molecule has 0 fully saturated rings. The van der Waals surface area contributed by atoms with Gasteiger partial charge in [0.05, 0.1) is 23.7 Å². The lowest BCUT2D eigenvalue weighted by molar-refractivity contribution is -0.119. The average Bonchev–Trinajstić information content (AvgIpc) is 2.49. The van der Waals surface area contributed by atoms with Gasteiger partial charge in [0, 0.05) is 11.9 Å². The molecule has 2 rings (SSSR count). The number of hydrogen-bond acceptors (Lipinski definition) is 4. The number of para-hydroxylation sites is 1. The molecule has 20 heavy (non-hydrogen) atoms. The summed E-state index contributed by atoms with van der Waals surface area (Å²) in [5, 5.41) is 15.7. The molecule has 0 bridgehead atoms. The van der Waals surface area contributed by atoms with Crippen LogP contribution in [-0.2, 0) is 4.79 Å². The first-order chi connectivity index (χ1) is 9.74. The quantitative estimate of drug-likeness (QED) is 0.870. The Bertz CT molecular complexity index is 660. The van der Waals surface area contributed by atoms with Gasteiger partial charge in [0.2, 0.25) is 5.91 Å². The number of rotatable bonds is 5. The molecule has 0 atom stereocenters. The van der Waals surface area contributed by atoms with E-state index in [1.54, 1.807) is 6.07 Å². The van der Waals surface area contributed by atoms with Crippen LogP contribution in [0, 0.1) is 11.3 Å². The van der Waals surface area contributed by atoms with E-state index in [0.717, 1.165) is 17.3 Å². The predicted molar refractivity (Wildman–Crippen MR) is 78.2 cm³/mol. The molecule has 0 aliphatic heterocycles. The topological polar surface area (TPSA) is 77.8 Å². The van der Waals surface area contributed by atoms with Crippen molar-refractivity contribution in [2.45, 2.75) is 13.3 Å². The monoisotopic (exact) mass is 268 g/mol. The van der Waals surface area contributed by atoms with Gasteiger partial charge in [0.1, 0.15) is 5.82 Å². The van der Waals surface area contributed by atoms with Crippen molar-refractivity contribution >= 4 is 22.6 Å². The first-order valence-electron chi connectivity index (χ1n) is 6.55. The van der Waals surface area contributed by atoms with Gasteiger partial charge in [-0.05, 0) is 18.6 Å². The summed E-state index contributed by atoms with van der Waals surface area (Å²) < 4.78 is 0. The number of carbonyl (C=O) groups is 1. The van der Waals surface area contributed by atoms with Crippen molar-refractivity contribution in [2.24, 2.45) is 0 Å². The van der Waals surface area contributed by atoms with Crippen molar-refractivity contribution < 1.29 is 4.79 Å². The molecule has 0 saturated heterocycles. The van der Waals surface area contributed by atoms with Gasteiger partial charge in [-0.3, -0.25) is 4.79 Å². The number of aromatic nitrogens is 1. The largest absolute Gasteiger partial charge is 0.361 e. The Hall–Kier alpha value is -2.61. The van der Waals surface area contributed by atoms with E-state index in [1.165, 1.54) is 0 Å². The minimum atomic E-state index is -0.0830. The number of pyridine rings is 1. The van der Waals surface area contributed by atoms with E-state index in [4.69, 9.17) is 5.26 Å². The molecular weight excluding hydrogens is 252 g/mol. The summed E-state index contributed by atoms with van der Waals surface area (Å²) in [4.78, 5) is 15.9. The third-order valence-corrected chi connectivity index (χ3v) is 2.84. The number of benzene rings is 1. The summed E-state index contributed by atoms with van der Waals surface area (Å²) >= 11 is 0. The number of fused-ring (bicyclic) bond motifs is 1. The van der Waals surface area contributed by atoms with E-state index in [9.17, 15) is 4.79 Å². The SMILES string of the molecule is CCCNC(=O)CNc1cc(C#N)c2ccccc2n1. The third-order valence-electron chi connectivity index (χ3n) is 2.84. The van der Waals surface area contributed by atoms with E-state index in [0.29, 0.717) is 17.9 Å². The van der Waals surface area contributed by atoms with Crippen molar-refractivity contribution in [1.82, 2.24) is 10.3 Å². The van der Waals surface area contributed by atoms with Crippen LogP contribution in [0.3, 0.4) is 0 Å². The maximum Gasteiger partial charge on any atom is 0.239 e. The maximum absolute atomic E-state index is 11.5. The minimum absolute atomic E-state index is 0.0830. The fourth-order valence-corrected chi connectivity index (χ4v) is 1.86. The Morgan fingerprint density at radius 1 is 1.40 bits per heavy atom. The molecule has 0 aliphatic rings. The van der Waals surface area contributed by atoms with Gasteiger partial charge in [-0.15, -0.1) is 0 Å². The number of nitrogens with one attached hydrogen (secondary N) is 2. The van der Waals surface area contributed by atoms with E-state index in [1.807, 2.05) is 31.2 Å². The zero-order valence-electron chi connectivity index (χ0n) is 11.3. The molecule has 2 aromatic rings. The fraction of sp³-hybridized carbons (Fsp3) is 0.267. The summed E-state index contributed by atoms with van der Waals surface area (Å²) in [6, 6.07) is 11.3. The molecule has 5 heteroatoms. The number of amides is 1. The predicted octanol–water partition coefficient (Wildman–Crippen LogP) is 2.04. The van der Waals surface area contributed by atoms with Crippen molar-refractivity contribution in [2.75, 3.05) is 18.4 Å². The summed E-state index contributed by atoms with van der Waals surface area (Å²) in [7, 11) is 0. The number of anilines is 1. The molecule has 0 unspecified atom stereocenters. The highest BCUT2D eigenvalue weighted by Crippen LogP contribution is 2.19. The summed E-state index contributed by atoms with van der Waals surface area (Å²) in [5.74, 6) is 0.451. The van der Waals surface area contributed by atoms with Crippen LogP contribution < -0.4 is 10.6 Å². The lowest BCUT2D eigenvalue weighted by atomic mass is 10.1. The molecule has 5 nitrogen and oxygen atoms in total. The Balaban J connectivity index is 2.15. The van der Waals surface area contributed by atoms with Crippen LogP contribution in [0.2, 0.25) is 0 Å². The first kappa shape index (κ1) is 13.8. The van der Waals surface area contributed by atoms with Crippen molar-refractivity contribution in [3.63, 3.8) is 0 Å². The van der Waals surface area contributed by atoms with Gasteiger partial charge in [-0.2, -0.15) is 5.26 Å². The Morgan fingerprint density at radius 2 is 2.20 bits per heavy atom. The zero-order valence-corrected chi connectivity index (χ0v) is 11.3. The number of nitriles is 1. The summed E-state index contributed by atoms with van der Waals surface area (Å²) in [6.45, 7) is 2.81. The maximum atomic E-state index is 11.5. The molecule has 1 amide bonds. The van der Waals surface area contributed by atoms with E-state index in [2.05, 4.69) is 21.7 Å². The van der Waals surface area contributed by atoms with Crippen LogP contribution in [0.5, 0.6) is 0 Å². The number of nitrogens with zero attached hydrogens (tertiary/aromatic N) is 2. The van der Waals surface area contributed by atoms with Gasteiger partial charge < -0.3 is 10.6 Å². The molecule has 0 saturated carbocycles. The van der Waals surface area contributed by atoms with Crippen LogP contribution in [0.15, 0.2) is 30.3 Å². The second-order valence-corrected chi connectivity index (χ2v) is 4.39. The van der Waals surface area contributed by atoms with Crippen LogP contribution in [-0.4, -0.2) is 24.0 Å². The van der Waals surface area contributed by atoms with E-state index >= 15 is 0 Å². The highest BCUT2D eigenvalue weighted by Gasteiger charge is 2.06. The highest BCUT2D eigenvalue weighted by molar-refractivity contribution is 5.87. The molecule has 1 aromatic heterocycles. The number of carbonyl (C=O) groups excluding carboxylic acids is 1. The van der Waals surface area contributed by atoms with Crippen LogP contribution in [0.4, 0.5) is 5.82 Å². The van der Waals surface area contributed by atoms with Gasteiger partial charge >= 0.3 is 0 Å². The van der Waals surface area contributed by atoms with E-state index in [-0.39, 0.29) is 12.5 Å². The van der Waals surface area contributed by atoms with Gasteiger partial charge in [0.25, 0.3) is 0 Å². The molecule has 0 radical (unpaired) electrons. The van der Waals surface area contributed by atoms with Crippen molar-refractivity contribution in [3.05, 3.63) is 35.9 Å². The van der Waals surface area contributed by atoms with Gasteiger partial charge in [0.15, 0.2) is 0 Å². The Labute approximate surface area is 117 Å². The molecule has 0 spiro atoms. The third kappa shape index (κ3) is 3.23. The Kier molecular flexibility index (Phi) is 4.51. The van der Waals surface area contributed by atoms with E-state index < -0.39 is 0 Å². The van der Waals surface area contributed by atoms with Gasteiger partial charge in [-0.1, -0.05) is 25.1 Å². The highest BCUT2D eigenvalue weighted by atomic mass is 16.1. The molecule has 102 valence electrons. The lowest BCUT2D eigenvalue weighted by Crippen LogP contribution is -2.30. The molecule has 0 aliphatic carbocycles. The molecular formula is C15H16N4O. The second-order valence-electron chi connectivity index (χ2n) is 4.39. The Morgan fingerprint density at radius 3 is 2.95 bits per heavy atom. The molecule has 1 aromatic carbocycles. The standard InChI is InChI=1S/C15H16N4O/c1-2-7-17-15(20)10-18-14-8-11(9-16)12-5-3-4-6-13(12)19-14/h3-6,8H,2,7,10H2,1H3,(H,17,20)(H,18,19). The minimum Gasteiger partial charge on any atom is -0.361 e. The fourth-order valence-electron chi connectivity index (χ4n) is 1.86. The zero-order chi connectivity index (χ0) is 14.4. The summed E-state index contributed by atoms with van der Waals surface area (Å²) in [5.41, 5.74) is 1.29.